The maximum absolute atomic E-state index is 4.91. The topological polar surface area (TPSA) is 17.3 Å². The normalized spacial score (nSPS) is 11.7. The standard InChI is InChI=1S/C23H20N2S/c1-18-12-14-21(15-13-18)24-23-25(16-19-8-4-2-5-9-19)22(17-26-23)20-10-6-3-7-11-20/h2-15,17H,16H2,1H3. The van der Waals surface area contributed by atoms with Crippen LogP contribution in [0.4, 0.5) is 5.69 Å². The average Bonchev–Trinajstić information content (AvgIpc) is 3.07. The maximum atomic E-state index is 4.91. The number of rotatable bonds is 4. The third-order valence-corrected chi connectivity index (χ3v) is 5.17. The van der Waals surface area contributed by atoms with Gasteiger partial charge >= 0.3 is 0 Å². The van der Waals surface area contributed by atoms with Gasteiger partial charge in [0, 0.05) is 5.38 Å². The summed E-state index contributed by atoms with van der Waals surface area (Å²) in [6.07, 6.45) is 0. The van der Waals surface area contributed by atoms with Crippen molar-refractivity contribution in [2.24, 2.45) is 4.99 Å². The van der Waals surface area contributed by atoms with Gasteiger partial charge in [-0.2, -0.15) is 0 Å². The van der Waals surface area contributed by atoms with E-state index in [0.717, 1.165) is 17.0 Å². The Morgan fingerprint density at radius 3 is 2.15 bits per heavy atom. The summed E-state index contributed by atoms with van der Waals surface area (Å²) in [5.41, 5.74) is 5.92. The highest BCUT2D eigenvalue weighted by Gasteiger charge is 2.08. The molecule has 0 N–H and O–H groups in total. The molecule has 1 heterocycles. The van der Waals surface area contributed by atoms with Crippen LogP contribution < -0.4 is 4.80 Å². The molecule has 3 heteroatoms. The van der Waals surface area contributed by atoms with E-state index in [1.807, 2.05) is 0 Å². The van der Waals surface area contributed by atoms with Gasteiger partial charge in [-0.3, -0.25) is 0 Å². The second-order valence-corrected chi connectivity index (χ2v) is 7.13. The first-order valence-electron chi connectivity index (χ1n) is 8.69. The van der Waals surface area contributed by atoms with E-state index in [-0.39, 0.29) is 0 Å². The molecule has 0 atom stereocenters. The summed E-state index contributed by atoms with van der Waals surface area (Å²) < 4.78 is 2.30. The fraction of sp³-hybridized carbons (Fsp3) is 0.0870. The van der Waals surface area contributed by atoms with Crippen molar-refractivity contribution in [3.05, 3.63) is 106 Å². The highest BCUT2D eigenvalue weighted by molar-refractivity contribution is 7.07. The lowest BCUT2D eigenvalue weighted by Gasteiger charge is -2.09. The summed E-state index contributed by atoms with van der Waals surface area (Å²) >= 11 is 1.69. The quantitative estimate of drug-likeness (QED) is 0.439. The lowest BCUT2D eigenvalue weighted by molar-refractivity contribution is 0.778. The van der Waals surface area contributed by atoms with Crippen LogP contribution in [0.3, 0.4) is 0 Å². The number of aromatic nitrogens is 1. The highest BCUT2D eigenvalue weighted by atomic mass is 32.1. The zero-order chi connectivity index (χ0) is 17.8. The van der Waals surface area contributed by atoms with Crippen LogP contribution >= 0.6 is 11.3 Å². The Bertz CT molecular complexity index is 1040. The minimum Gasteiger partial charge on any atom is -0.312 e. The van der Waals surface area contributed by atoms with Crippen LogP contribution in [0.5, 0.6) is 0 Å². The Hall–Kier alpha value is -2.91. The van der Waals surface area contributed by atoms with Crippen molar-refractivity contribution in [1.82, 2.24) is 4.57 Å². The van der Waals surface area contributed by atoms with Gasteiger partial charge < -0.3 is 4.57 Å². The molecule has 0 saturated heterocycles. The Morgan fingerprint density at radius 2 is 1.46 bits per heavy atom. The van der Waals surface area contributed by atoms with E-state index in [0.29, 0.717) is 0 Å². The molecule has 128 valence electrons. The molecular formula is C23H20N2S. The Morgan fingerprint density at radius 1 is 0.808 bits per heavy atom. The van der Waals surface area contributed by atoms with E-state index in [1.54, 1.807) is 11.3 Å². The van der Waals surface area contributed by atoms with Gasteiger partial charge in [-0.1, -0.05) is 78.4 Å². The van der Waals surface area contributed by atoms with Crippen molar-refractivity contribution in [1.29, 1.82) is 0 Å². The summed E-state index contributed by atoms with van der Waals surface area (Å²) in [5, 5.41) is 2.20. The van der Waals surface area contributed by atoms with Gasteiger partial charge in [0.05, 0.1) is 17.9 Å². The van der Waals surface area contributed by atoms with E-state index in [4.69, 9.17) is 4.99 Å². The van der Waals surface area contributed by atoms with Gasteiger partial charge in [0.1, 0.15) is 0 Å². The van der Waals surface area contributed by atoms with E-state index >= 15 is 0 Å². The number of benzene rings is 3. The summed E-state index contributed by atoms with van der Waals surface area (Å²) in [6, 6.07) is 29.4. The number of hydrogen-bond acceptors (Lipinski definition) is 2. The Labute approximate surface area is 157 Å². The summed E-state index contributed by atoms with van der Waals surface area (Å²) in [7, 11) is 0. The van der Waals surface area contributed by atoms with Crippen LogP contribution in [0, 0.1) is 6.92 Å². The van der Waals surface area contributed by atoms with Crippen LogP contribution in [0.15, 0.2) is 95.3 Å². The van der Waals surface area contributed by atoms with Crippen LogP contribution in [-0.2, 0) is 6.54 Å². The summed E-state index contributed by atoms with van der Waals surface area (Å²) in [4.78, 5) is 5.92. The van der Waals surface area contributed by atoms with Gasteiger partial charge in [-0.15, -0.1) is 11.3 Å². The molecule has 0 aliphatic heterocycles. The molecule has 2 nitrogen and oxygen atoms in total. The van der Waals surface area contributed by atoms with Crippen molar-refractivity contribution < 1.29 is 0 Å². The van der Waals surface area contributed by atoms with Crippen molar-refractivity contribution in [2.75, 3.05) is 0 Å². The molecule has 26 heavy (non-hydrogen) atoms. The first kappa shape index (κ1) is 16.6. The molecule has 0 fully saturated rings. The lowest BCUT2D eigenvalue weighted by atomic mass is 10.1. The third-order valence-electron chi connectivity index (χ3n) is 4.31. The number of hydrogen-bond donors (Lipinski definition) is 0. The van der Waals surface area contributed by atoms with Crippen molar-refractivity contribution in [3.8, 4) is 11.3 Å². The molecule has 0 radical (unpaired) electrons. The Balaban J connectivity index is 1.83. The zero-order valence-electron chi connectivity index (χ0n) is 14.7. The number of nitrogens with zero attached hydrogens (tertiary/aromatic N) is 2. The minimum absolute atomic E-state index is 0.805. The third kappa shape index (κ3) is 3.68. The molecule has 4 aromatic rings. The van der Waals surface area contributed by atoms with Gasteiger partial charge in [0.2, 0.25) is 0 Å². The molecule has 0 spiro atoms. The molecule has 0 unspecified atom stereocenters. The second-order valence-electron chi connectivity index (χ2n) is 6.29. The Kier molecular flexibility index (Phi) is 4.80. The molecule has 0 bridgehead atoms. The van der Waals surface area contributed by atoms with Gasteiger partial charge in [0.15, 0.2) is 4.80 Å². The predicted molar refractivity (Wildman–Crippen MR) is 110 cm³/mol. The van der Waals surface area contributed by atoms with Crippen molar-refractivity contribution in [3.63, 3.8) is 0 Å². The van der Waals surface area contributed by atoms with Crippen LogP contribution in [0.2, 0.25) is 0 Å². The van der Waals surface area contributed by atoms with E-state index in [1.165, 1.54) is 22.4 Å². The molecule has 1 aromatic heterocycles. The van der Waals surface area contributed by atoms with Crippen LogP contribution in [0.1, 0.15) is 11.1 Å². The van der Waals surface area contributed by atoms with E-state index in [9.17, 15) is 0 Å². The molecule has 0 aliphatic rings. The highest BCUT2D eigenvalue weighted by Crippen LogP contribution is 2.21. The number of aryl methyl sites for hydroxylation is 1. The van der Waals surface area contributed by atoms with Gasteiger partial charge in [0.25, 0.3) is 0 Å². The predicted octanol–water partition coefficient (Wildman–Crippen LogP) is 5.81. The average molecular weight is 356 g/mol. The zero-order valence-corrected chi connectivity index (χ0v) is 15.5. The first-order valence-corrected chi connectivity index (χ1v) is 9.57. The molecule has 4 rings (SSSR count). The van der Waals surface area contributed by atoms with Crippen molar-refractivity contribution >= 4 is 17.0 Å². The van der Waals surface area contributed by atoms with Crippen molar-refractivity contribution in [2.45, 2.75) is 13.5 Å². The van der Waals surface area contributed by atoms with Gasteiger partial charge in [-0.25, -0.2) is 4.99 Å². The molecular weight excluding hydrogens is 336 g/mol. The van der Waals surface area contributed by atoms with Crippen LogP contribution in [-0.4, -0.2) is 4.57 Å². The maximum Gasteiger partial charge on any atom is 0.190 e. The summed E-state index contributed by atoms with van der Waals surface area (Å²) in [5.74, 6) is 0. The lowest BCUT2D eigenvalue weighted by Crippen LogP contribution is -2.16. The molecule has 3 aromatic carbocycles. The monoisotopic (exact) mass is 356 g/mol. The second kappa shape index (κ2) is 7.54. The minimum atomic E-state index is 0.805. The van der Waals surface area contributed by atoms with Crippen LogP contribution in [0.25, 0.3) is 11.3 Å². The fourth-order valence-electron chi connectivity index (χ4n) is 2.91. The smallest absolute Gasteiger partial charge is 0.190 e. The molecule has 0 amide bonds. The number of thiazole rings is 1. The van der Waals surface area contributed by atoms with E-state index < -0.39 is 0 Å². The largest absolute Gasteiger partial charge is 0.312 e. The first-order chi connectivity index (χ1) is 12.8. The SMILES string of the molecule is Cc1ccc(N=c2scc(-c3ccccc3)n2Cc2ccccc2)cc1. The molecule has 0 aliphatic carbocycles. The fourth-order valence-corrected chi connectivity index (χ4v) is 3.84. The van der Waals surface area contributed by atoms with E-state index in [2.05, 4.69) is 102 Å². The molecule has 0 saturated carbocycles. The van der Waals surface area contributed by atoms with Gasteiger partial charge in [-0.05, 0) is 30.2 Å². The summed E-state index contributed by atoms with van der Waals surface area (Å²) in [6.45, 7) is 2.90.